The van der Waals surface area contributed by atoms with Gasteiger partial charge < -0.3 is 4.57 Å². The summed E-state index contributed by atoms with van der Waals surface area (Å²) in [5.41, 5.74) is 9.04. The Hall–Kier alpha value is -6.77. The van der Waals surface area contributed by atoms with Gasteiger partial charge in [-0.15, -0.1) is 0 Å². The van der Waals surface area contributed by atoms with E-state index in [1.165, 1.54) is 76.0 Å². The zero-order chi connectivity index (χ0) is 33.5. The quantitative estimate of drug-likeness (QED) is 0.175. The van der Waals surface area contributed by atoms with Crippen LogP contribution in [0.4, 0.5) is 0 Å². The maximum atomic E-state index is 5.33. The second kappa shape index (κ2) is 10.9. The normalized spacial score (nSPS) is 11.9. The first-order valence-electron chi connectivity index (χ1n) is 17.6. The predicted molar refractivity (Wildman–Crippen MR) is 217 cm³/mol. The third-order valence-electron chi connectivity index (χ3n) is 10.7. The molecule has 0 unspecified atom stereocenters. The molecule has 11 rings (SSSR count). The maximum absolute atomic E-state index is 5.33. The highest BCUT2D eigenvalue weighted by Crippen LogP contribution is 2.41. The van der Waals surface area contributed by atoms with Crippen LogP contribution in [0.3, 0.4) is 0 Å². The molecule has 0 atom stereocenters. The van der Waals surface area contributed by atoms with Crippen LogP contribution in [0, 0.1) is 0 Å². The molecule has 0 bridgehead atoms. The molecule has 0 fully saturated rings. The Morgan fingerprint density at radius 2 is 0.824 bits per heavy atom. The van der Waals surface area contributed by atoms with Crippen molar-refractivity contribution in [1.82, 2.24) is 9.55 Å². The number of aromatic nitrogens is 2. The van der Waals surface area contributed by atoms with Gasteiger partial charge in [0.1, 0.15) is 0 Å². The number of benzene rings is 9. The van der Waals surface area contributed by atoms with E-state index in [-0.39, 0.29) is 0 Å². The highest BCUT2D eigenvalue weighted by atomic mass is 15.0. The summed E-state index contributed by atoms with van der Waals surface area (Å²) < 4.78 is 2.39. The minimum Gasteiger partial charge on any atom is -0.309 e. The molecule has 2 aromatic heterocycles. The molecule has 0 N–H and O–H groups in total. The fraction of sp³-hybridized carbons (Fsp3) is 0. The lowest BCUT2D eigenvalue weighted by molar-refractivity contribution is 1.18. The van der Waals surface area contributed by atoms with E-state index in [0.717, 1.165) is 27.8 Å². The topological polar surface area (TPSA) is 17.8 Å². The van der Waals surface area contributed by atoms with Crippen LogP contribution in [-0.2, 0) is 0 Å². The number of hydrogen-bond donors (Lipinski definition) is 0. The van der Waals surface area contributed by atoms with Gasteiger partial charge in [0.15, 0.2) is 0 Å². The van der Waals surface area contributed by atoms with Gasteiger partial charge in [-0.2, -0.15) is 0 Å². The Morgan fingerprint density at radius 1 is 0.294 bits per heavy atom. The van der Waals surface area contributed by atoms with Crippen molar-refractivity contribution in [3.8, 4) is 28.1 Å². The molecule has 0 aliphatic heterocycles. The SMILES string of the molecule is c1ccc(-n2c3ccccc3c3cc4c(cc32)c(-c2ccc(-c3ccc5c6ccccc6c6ccccc6c5c3)cc2)nc2ccccc24)cc1. The Morgan fingerprint density at radius 3 is 1.55 bits per heavy atom. The molecule has 0 saturated heterocycles. The molecule has 11 aromatic rings. The van der Waals surface area contributed by atoms with Gasteiger partial charge in [0.05, 0.1) is 22.2 Å². The lowest BCUT2D eigenvalue weighted by atomic mass is 9.91. The lowest BCUT2D eigenvalue weighted by Gasteiger charge is -2.14. The molecule has 2 nitrogen and oxygen atoms in total. The molecule has 2 heterocycles. The van der Waals surface area contributed by atoms with Gasteiger partial charge in [-0.25, -0.2) is 4.98 Å². The summed E-state index contributed by atoms with van der Waals surface area (Å²) in [5, 5.41) is 13.8. The largest absolute Gasteiger partial charge is 0.309 e. The van der Waals surface area contributed by atoms with Crippen molar-refractivity contribution >= 4 is 75.8 Å². The van der Waals surface area contributed by atoms with E-state index >= 15 is 0 Å². The fourth-order valence-corrected chi connectivity index (χ4v) is 8.40. The van der Waals surface area contributed by atoms with Crippen molar-refractivity contribution < 1.29 is 0 Å². The fourth-order valence-electron chi connectivity index (χ4n) is 8.40. The van der Waals surface area contributed by atoms with Crippen LogP contribution in [0.5, 0.6) is 0 Å². The van der Waals surface area contributed by atoms with E-state index in [4.69, 9.17) is 4.98 Å². The molecular weight excluding hydrogens is 617 g/mol. The summed E-state index contributed by atoms with van der Waals surface area (Å²) >= 11 is 0. The van der Waals surface area contributed by atoms with Gasteiger partial charge in [0, 0.05) is 32.8 Å². The van der Waals surface area contributed by atoms with Crippen molar-refractivity contribution in [2.45, 2.75) is 0 Å². The molecule has 0 aliphatic carbocycles. The maximum Gasteiger partial charge on any atom is 0.0788 e. The molecule has 51 heavy (non-hydrogen) atoms. The summed E-state index contributed by atoms with van der Waals surface area (Å²) in [6.45, 7) is 0. The van der Waals surface area contributed by atoms with Crippen LogP contribution in [0.1, 0.15) is 0 Å². The van der Waals surface area contributed by atoms with E-state index in [9.17, 15) is 0 Å². The van der Waals surface area contributed by atoms with Crippen molar-refractivity contribution in [2.75, 3.05) is 0 Å². The van der Waals surface area contributed by atoms with Crippen LogP contribution in [0.25, 0.3) is 104 Å². The van der Waals surface area contributed by atoms with Gasteiger partial charge in [-0.1, -0.05) is 140 Å². The number of hydrogen-bond acceptors (Lipinski definition) is 1. The second-order valence-electron chi connectivity index (χ2n) is 13.5. The van der Waals surface area contributed by atoms with E-state index in [1.54, 1.807) is 0 Å². The first-order chi connectivity index (χ1) is 25.3. The Labute approximate surface area is 294 Å². The zero-order valence-electron chi connectivity index (χ0n) is 27.7. The first kappa shape index (κ1) is 28.1. The minimum atomic E-state index is 0.998. The molecule has 0 saturated carbocycles. The highest BCUT2D eigenvalue weighted by Gasteiger charge is 2.18. The minimum absolute atomic E-state index is 0.998. The third-order valence-corrected chi connectivity index (χ3v) is 10.7. The van der Waals surface area contributed by atoms with Gasteiger partial charge >= 0.3 is 0 Å². The summed E-state index contributed by atoms with van der Waals surface area (Å²) in [7, 11) is 0. The second-order valence-corrected chi connectivity index (χ2v) is 13.5. The number of para-hydroxylation sites is 3. The number of pyridine rings is 1. The first-order valence-corrected chi connectivity index (χ1v) is 17.6. The van der Waals surface area contributed by atoms with E-state index in [2.05, 4.69) is 187 Å². The summed E-state index contributed by atoms with van der Waals surface area (Å²) in [4.78, 5) is 5.33. The van der Waals surface area contributed by atoms with Crippen LogP contribution in [0.15, 0.2) is 182 Å². The van der Waals surface area contributed by atoms with Crippen LogP contribution in [0.2, 0.25) is 0 Å². The lowest BCUT2D eigenvalue weighted by Crippen LogP contribution is -1.94. The standard InChI is InChI=1S/C49H30N2/c1-2-12-34(13-3-1)51-47-21-11-9-19-41(47)44-29-43-40-18-8-10-20-46(40)50-49(45(43)30-48(44)51)32-24-22-31(23-25-32)33-26-27-39-37-16-5-4-14-35(37)36-15-6-7-17-38(36)42(39)28-33/h1-30H. The number of nitrogens with zero attached hydrogens (tertiary/aromatic N) is 2. The molecule has 0 aliphatic rings. The predicted octanol–water partition coefficient (Wildman–Crippen LogP) is 13.3. The van der Waals surface area contributed by atoms with Gasteiger partial charge in [-0.05, 0) is 91.3 Å². The zero-order valence-corrected chi connectivity index (χ0v) is 27.7. The molecular formula is C49H30N2. The van der Waals surface area contributed by atoms with E-state index in [0.29, 0.717) is 0 Å². The van der Waals surface area contributed by atoms with Gasteiger partial charge in [0.2, 0.25) is 0 Å². The van der Waals surface area contributed by atoms with Gasteiger partial charge in [-0.3, -0.25) is 0 Å². The van der Waals surface area contributed by atoms with Gasteiger partial charge in [0.25, 0.3) is 0 Å². The molecule has 0 radical (unpaired) electrons. The average molecular weight is 647 g/mol. The molecule has 236 valence electrons. The Kier molecular flexibility index (Phi) is 5.99. The van der Waals surface area contributed by atoms with Crippen LogP contribution in [-0.4, -0.2) is 9.55 Å². The van der Waals surface area contributed by atoms with Crippen molar-refractivity contribution in [1.29, 1.82) is 0 Å². The molecule has 9 aromatic carbocycles. The van der Waals surface area contributed by atoms with Crippen LogP contribution >= 0.6 is 0 Å². The summed E-state index contributed by atoms with van der Waals surface area (Å²) in [5.74, 6) is 0. The molecule has 2 heteroatoms. The monoisotopic (exact) mass is 646 g/mol. The summed E-state index contributed by atoms with van der Waals surface area (Å²) in [6.07, 6.45) is 0. The highest BCUT2D eigenvalue weighted by molar-refractivity contribution is 6.26. The smallest absolute Gasteiger partial charge is 0.0788 e. The van der Waals surface area contributed by atoms with Crippen molar-refractivity contribution in [3.05, 3.63) is 182 Å². The Bertz CT molecular complexity index is 3140. The van der Waals surface area contributed by atoms with Crippen molar-refractivity contribution in [2.24, 2.45) is 0 Å². The molecule has 0 spiro atoms. The average Bonchev–Trinajstić information content (AvgIpc) is 3.53. The Balaban J connectivity index is 1.12. The van der Waals surface area contributed by atoms with E-state index in [1.807, 2.05) is 0 Å². The van der Waals surface area contributed by atoms with E-state index < -0.39 is 0 Å². The summed E-state index contributed by atoms with van der Waals surface area (Å²) in [6, 6.07) is 66.1. The number of fused-ring (bicyclic) bond motifs is 12. The third kappa shape index (κ3) is 4.20. The van der Waals surface area contributed by atoms with Crippen molar-refractivity contribution in [3.63, 3.8) is 0 Å². The van der Waals surface area contributed by atoms with Crippen LogP contribution < -0.4 is 0 Å². The number of rotatable bonds is 3. The molecule has 0 amide bonds.